The van der Waals surface area contributed by atoms with Crippen LogP contribution in [0.25, 0.3) is 11.3 Å². The van der Waals surface area contributed by atoms with Crippen molar-refractivity contribution in [3.63, 3.8) is 0 Å². The minimum atomic E-state index is -0.420. The van der Waals surface area contributed by atoms with E-state index in [1.54, 1.807) is 30.0 Å². The topological polar surface area (TPSA) is 58.6 Å². The van der Waals surface area contributed by atoms with Crippen LogP contribution < -0.4 is 4.90 Å². The molecule has 1 saturated heterocycles. The molecule has 6 nitrogen and oxygen atoms in total. The highest BCUT2D eigenvalue weighted by Crippen LogP contribution is 2.31. The normalized spacial score (nSPS) is 14.2. The molecule has 7 heteroatoms. The first kappa shape index (κ1) is 26.7. The maximum Gasteiger partial charge on any atom is 0.258 e. The number of hydrogen-bond donors (Lipinski definition) is 0. The molecule has 196 valence electrons. The van der Waals surface area contributed by atoms with Gasteiger partial charge in [0.25, 0.3) is 5.91 Å². The molecule has 37 heavy (non-hydrogen) atoms. The Morgan fingerprint density at radius 3 is 2.30 bits per heavy atom. The summed E-state index contributed by atoms with van der Waals surface area (Å²) in [5.74, 6) is -0.139. The number of nitrogens with zero attached hydrogens (tertiary/aromatic N) is 4. The van der Waals surface area contributed by atoms with Gasteiger partial charge < -0.3 is 14.5 Å². The number of amides is 1. The van der Waals surface area contributed by atoms with Gasteiger partial charge in [0.2, 0.25) is 5.95 Å². The molecule has 1 aliphatic heterocycles. The van der Waals surface area contributed by atoms with Crippen molar-refractivity contribution in [2.24, 2.45) is 0 Å². The van der Waals surface area contributed by atoms with Gasteiger partial charge in [0.1, 0.15) is 5.82 Å². The zero-order valence-electron chi connectivity index (χ0n) is 22.7. The van der Waals surface area contributed by atoms with Crippen molar-refractivity contribution in [1.29, 1.82) is 0 Å². The first-order valence-electron chi connectivity index (χ1n) is 12.9. The lowest BCUT2D eigenvalue weighted by Crippen LogP contribution is -2.39. The first-order valence-corrected chi connectivity index (χ1v) is 12.9. The molecule has 0 radical (unpaired) electrons. The Labute approximate surface area is 219 Å². The lowest BCUT2D eigenvalue weighted by Gasteiger charge is -2.30. The van der Waals surface area contributed by atoms with E-state index in [0.29, 0.717) is 61.3 Å². The number of morpholine rings is 1. The molecule has 1 amide bonds. The lowest BCUT2D eigenvalue weighted by molar-refractivity contribution is 0.0689. The van der Waals surface area contributed by atoms with Gasteiger partial charge in [-0.25, -0.2) is 14.4 Å². The fourth-order valence-electron chi connectivity index (χ4n) is 4.51. The number of rotatable bonds is 6. The van der Waals surface area contributed by atoms with Crippen LogP contribution in [0.3, 0.4) is 0 Å². The smallest absolute Gasteiger partial charge is 0.258 e. The van der Waals surface area contributed by atoms with E-state index in [2.05, 4.69) is 45.0 Å². The highest BCUT2D eigenvalue weighted by atomic mass is 19.1. The van der Waals surface area contributed by atoms with Gasteiger partial charge in [0, 0.05) is 31.2 Å². The zero-order valence-corrected chi connectivity index (χ0v) is 22.7. The summed E-state index contributed by atoms with van der Waals surface area (Å²) >= 11 is 0. The second kappa shape index (κ2) is 11.0. The van der Waals surface area contributed by atoms with Crippen LogP contribution in [0.15, 0.2) is 48.5 Å². The number of aryl methyl sites for hydroxylation is 1. The Balaban J connectivity index is 1.76. The SMILES string of the molecule is Cc1nc(N2CCOCC2)nc(-c2ccccc2F)c1C(=O)N(Cc1ccc(C(C)(C)C)cc1)C(C)C. The van der Waals surface area contributed by atoms with E-state index in [0.717, 1.165) is 5.56 Å². The van der Waals surface area contributed by atoms with E-state index >= 15 is 4.39 Å². The molecule has 0 unspecified atom stereocenters. The summed E-state index contributed by atoms with van der Waals surface area (Å²) in [6, 6.07) is 14.8. The highest BCUT2D eigenvalue weighted by molar-refractivity contribution is 6.01. The standard InChI is InChI=1S/C30H37FN4O2/c1-20(2)35(19-22-11-13-23(14-12-22)30(4,5)6)28(36)26-21(3)32-29(34-15-17-37-18-16-34)33-27(26)24-9-7-8-10-25(24)31/h7-14,20H,15-19H2,1-6H3. The van der Waals surface area contributed by atoms with Gasteiger partial charge in [-0.05, 0) is 49.4 Å². The predicted octanol–water partition coefficient (Wildman–Crippen LogP) is 5.78. The highest BCUT2D eigenvalue weighted by Gasteiger charge is 2.29. The van der Waals surface area contributed by atoms with Gasteiger partial charge in [-0.1, -0.05) is 57.2 Å². The number of carbonyl (C=O) groups is 1. The average molecular weight is 505 g/mol. The van der Waals surface area contributed by atoms with Gasteiger partial charge >= 0.3 is 0 Å². The van der Waals surface area contributed by atoms with E-state index in [-0.39, 0.29) is 17.4 Å². The Morgan fingerprint density at radius 2 is 1.70 bits per heavy atom. The Bertz CT molecular complexity index is 1250. The van der Waals surface area contributed by atoms with Crippen molar-refractivity contribution in [3.05, 3.63) is 76.7 Å². The second-order valence-corrected chi connectivity index (χ2v) is 10.9. The van der Waals surface area contributed by atoms with Gasteiger partial charge in [-0.3, -0.25) is 4.79 Å². The predicted molar refractivity (Wildman–Crippen MR) is 145 cm³/mol. The molecule has 1 fully saturated rings. The van der Waals surface area contributed by atoms with Gasteiger partial charge in [0.05, 0.1) is 30.2 Å². The van der Waals surface area contributed by atoms with Gasteiger partial charge in [-0.2, -0.15) is 0 Å². The van der Waals surface area contributed by atoms with E-state index in [4.69, 9.17) is 14.7 Å². The van der Waals surface area contributed by atoms with E-state index in [1.807, 2.05) is 18.7 Å². The molecule has 2 aromatic carbocycles. The number of carbonyl (C=O) groups excluding carboxylic acids is 1. The molecule has 0 N–H and O–H groups in total. The average Bonchev–Trinajstić information content (AvgIpc) is 2.87. The van der Waals surface area contributed by atoms with Crippen LogP contribution in [0.4, 0.5) is 10.3 Å². The molecule has 1 aliphatic rings. The number of aromatic nitrogens is 2. The third-order valence-electron chi connectivity index (χ3n) is 6.77. The molecule has 0 atom stereocenters. The molecule has 3 aromatic rings. The molecule has 0 bridgehead atoms. The summed E-state index contributed by atoms with van der Waals surface area (Å²) in [4.78, 5) is 27.4. The molecule has 2 heterocycles. The van der Waals surface area contributed by atoms with Crippen LogP contribution >= 0.6 is 0 Å². The van der Waals surface area contributed by atoms with Gasteiger partial charge in [-0.15, -0.1) is 0 Å². The Kier molecular flexibility index (Phi) is 7.93. The molecule has 0 aliphatic carbocycles. The summed E-state index contributed by atoms with van der Waals surface area (Å²) in [6.07, 6.45) is 0. The number of benzene rings is 2. The summed E-state index contributed by atoms with van der Waals surface area (Å²) in [6.45, 7) is 15.2. The van der Waals surface area contributed by atoms with Crippen molar-refractivity contribution in [3.8, 4) is 11.3 Å². The van der Waals surface area contributed by atoms with Crippen LogP contribution in [0, 0.1) is 12.7 Å². The first-order chi connectivity index (χ1) is 17.6. The minimum absolute atomic E-state index is 0.0530. The molecule has 0 saturated carbocycles. The largest absolute Gasteiger partial charge is 0.378 e. The monoisotopic (exact) mass is 504 g/mol. The zero-order chi connectivity index (χ0) is 26.7. The third kappa shape index (κ3) is 5.99. The lowest BCUT2D eigenvalue weighted by atomic mass is 9.86. The number of ether oxygens (including phenoxy) is 1. The Morgan fingerprint density at radius 1 is 1.05 bits per heavy atom. The summed E-state index contributed by atoms with van der Waals surface area (Å²) in [5, 5.41) is 0. The quantitative estimate of drug-likeness (QED) is 0.426. The summed E-state index contributed by atoms with van der Waals surface area (Å²) in [7, 11) is 0. The minimum Gasteiger partial charge on any atom is -0.378 e. The maximum absolute atomic E-state index is 15.0. The molecule has 4 rings (SSSR count). The number of hydrogen-bond acceptors (Lipinski definition) is 5. The molecule has 0 spiro atoms. The Hall–Kier alpha value is -3.32. The van der Waals surface area contributed by atoms with Gasteiger partial charge in [0.15, 0.2) is 0 Å². The van der Waals surface area contributed by atoms with Crippen molar-refractivity contribution < 1.29 is 13.9 Å². The van der Waals surface area contributed by atoms with Crippen molar-refractivity contribution >= 4 is 11.9 Å². The van der Waals surface area contributed by atoms with Crippen LogP contribution in [-0.4, -0.2) is 53.1 Å². The summed E-state index contributed by atoms with van der Waals surface area (Å²) in [5.41, 5.74) is 3.82. The third-order valence-corrected chi connectivity index (χ3v) is 6.77. The number of anilines is 1. The van der Waals surface area contributed by atoms with Crippen molar-refractivity contribution in [2.45, 2.75) is 59.5 Å². The van der Waals surface area contributed by atoms with Crippen molar-refractivity contribution in [2.75, 3.05) is 31.2 Å². The molecule has 1 aromatic heterocycles. The fraction of sp³-hybridized carbons (Fsp3) is 0.433. The fourth-order valence-corrected chi connectivity index (χ4v) is 4.51. The van der Waals surface area contributed by atoms with E-state index < -0.39 is 5.82 Å². The van der Waals surface area contributed by atoms with E-state index in [1.165, 1.54) is 11.6 Å². The molecular weight excluding hydrogens is 467 g/mol. The second-order valence-electron chi connectivity index (χ2n) is 10.9. The van der Waals surface area contributed by atoms with Crippen LogP contribution in [-0.2, 0) is 16.7 Å². The molecular formula is C30H37FN4O2. The van der Waals surface area contributed by atoms with Crippen LogP contribution in [0.1, 0.15) is 61.8 Å². The van der Waals surface area contributed by atoms with E-state index in [9.17, 15) is 4.79 Å². The van der Waals surface area contributed by atoms with Crippen LogP contribution in [0.2, 0.25) is 0 Å². The number of halogens is 1. The maximum atomic E-state index is 15.0. The summed E-state index contributed by atoms with van der Waals surface area (Å²) < 4.78 is 20.5. The van der Waals surface area contributed by atoms with Crippen LogP contribution in [0.5, 0.6) is 0 Å². The van der Waals surface area contributed by atoms with Crippen molar-refractivity contribution in [1.82, 2.24) is 14.9 Å².